The van der Waals surface area contributed by atoms with Gasteiger partial charge in [0.2, 0.25) is 0 Å². The third-order valence-electron chi connectivity index (χ3n) is 1.95. The van der Waals surface area contributed by atoms with Gasteiger partial charge in [0.1, 0.15) is 0 Å². The number of rotatable bonds is 1. The Bertz CT molecular complexity index is 289. The van der Waals surface area contributed by atoms with E-state index in [4.69, 9.17) is 11.5 Å². The molecule has 1 aromatic rings. The molecule has 0 aromatic heterocycles. The van der Waals surface area contributed by atoms with Gasteiger partial charge in [-0.15, -0.1) is 0 Å². The first-order chi connectivity index (χ1) is 5.43. The normalized spacial score (nSPS) is 11.6. The van der Waals surface area contributed by atoms with Crippen molar-refractivity contribution >= 4 is 33.3 Å². The molecular weight excluding hydrogens is 255 g/mol. The van der Waals surface area contributed by atoms with Crippen LogP contribution in [0.3, 0.4) is 0 Å². The molecule has 4 N–H and O–H groups in total. The van der Waals surface area contributed by atoms with Crippen LogP contribution in [-0.2, 0) is 0 Å². The Kier molecular flexibility index (Phi) is 2.56. The van der Waals surface area contributed by atoms with Crippen molar-refractivity contribution in [2.24, 2.45) is 0 Å². The van der Waals surface area contributed by atoms with Crippen molar-refractivity contribution in [3.8, 4) is 0 Å². The van der Waals surface area contributed by atoms with Crippen LogP contribution < -0.4 is 15.0 Å². The third kappa shape index (κ3) is 1.86. The fraction of sp³-hybridized carbons (Fsp3) is 0.333. The average molecular weight is 271 g/mol. The van der Waals surface area contributed by atoms with Gasteiger partial charge in [-0.2, -0.15) is 0 Å². The van der Waals surface area contributed by atoms with Crippen LogP contribution in [0.4, 0.5) is 11.4 Å². The molecule has 0 fully saturated rings. The van der Waals surface area contributed by atoms with E-state index >= 15 is 0 Å². The molecular formula is C9H16N2Sn. The first kappa shape index (κ1) is 9.70. The zero-order valence-corrected chi connectivity index (χ0v) is 10.7. The molecule has 0 unspecified atom stereocenters. The number of anilines is 2. The van der Waals surface area contributed by atoms with Gasteiger partial charge >= 0.3 is 77.8 Å². The Morgan fingerprint density at radius 2 is 1.67 bits per heavy atom. The van der Waals surface area contributed by atoms with E-state index in [1.54, 1.807) is 0 Å². The third-order valence-corrected chi connectivity index (χ3v) is 7.80. The minimum absolute atomic E-state index is 0.721. The Morgan fingerprint density at radius 3 is 2.08 bits per heavy atom. The van der Waals surface area contributed by atoms with Crippen LogP contribution in [-0.4, -0.2) is 18.4 Å². The Balaban J connectivity index is 3.26. The van der Waals surface area contributed by atoms with Gasteiger partial charge in [-0.3, -0.25) is 0 Å². The second-order valence-corrected chi connectivity index (χ2v) is 18.4. The molecule has 0 heterocycles. The molecule has 0 atom stereocenters. The predicted molar refractivity (Wildman–Crippen MR) is 58.2 cm³/mol. The van der Waals surface area contributed by atoms with Crippen LogP contribution in [0, 0.1) is 0 Å². The Morgan fingerprint density at radius 1 is 1.08 bits per heavy atom. The van der Waals surface area contributed by atoms with Gasteiger partial charge in [0.15, 0.2) is 0 Å². The maximum absolute atomic E-state index is 5.90. The van der Waals surface area contributed by atoms with Gasteiger partial charge in [0.05, 0.1) is 0 Å². The van der Waals surface area contributed by atoms with Crippen molar-refractivity contribution in [1.82, 2.24) is 0 Å². The van der Waals surface area contributed by atoms with E-state index < -0.39 is 18.4 Å². The van der Waals surface area contributed by atoms with Crippen molar-refractivity contribution in [3.05, 3.63) is 18.2 Å². The van der Waals surface area contributed by atoms with E-state index in [0.29, 0.717) is 0 Å². The van der Waals surface area contributed by atoms with Crippen molar-refractivity contribution in [2.45, 2.75) is 14.8 Å². The van der Waals surface area contributed by atoms with Crippen molar-refractivity contribution < 1.29 is 0 Å². The van der Waals surface area contributed by atoms with Crippen molar-refractivity contribution in [3.63, 3.8) is 0 Å². The number of nitrogen functional groups attached to an aromatic ring is 2. The second-order valence-electron chi connectivity index (χ2n) is 4.06. The number of para-hydroxylation sites is 1. The van der Waals surface area contributed by atoms with E-state index in [1.165, 1.54) is 3.58 Å². The standard InChI is InChI=1S/C6H7N2.3CH3.Sn/c7-5-3-1-2-4-6(5)8;;;;/h1-3H,7-8H2;3*1H3;. The predicted octanol–water partition coefficient (Wildman–Crippen LogP) is 1.40. The van der Waals surface area contributed by atoms with E-state index in [9.17, 15) is 0 Å². The van der Waals surface area contributed by atoms with Gasteiger partial charge in [0, 0.05) is 0 Å². The summed E-state index contributed by atoms with van der Waals surface area (Å²) >= 11 is -2.02. The van der Waals surface area contributed by atoms with Crippen LogP contribution in [0.15, 0.2) is 18.2 Å². The average Bonchev–Trinajstić information content (AvgIpc) is 1.92. The molecule has 0 saturated heterocycles. The zero-order valence-electron chi connectivity index (χ0n) is 7.89. The minimum atomic E-state index is -2.02. The quantitative estimate of drug-likeness (QED) is 0.599. The molecule has 2 nitrogen and oxygen atoms in total. The van der Waals surface area contributed by atoms with Crippen LogP contribution in [0.25, 0.3) is 0 Å². The molecule has 0 spiro atoms. The summed E-state index contributed by atoms with van der Waals surface area (Å²) in [6.45, 7) is 0. The molecule has 0 radical (unpaired) electrons. The molecule has 0 saturated carbocycles. The van der Waals surface area contributed by atoms with Crippen LogP contribution in [0.5, 0.6) is 0 Å². The summed E-state index contributed by atoms with van der Waals surface area (Å²) in [5.41, 5.74) is 13.1. The summed E-state index contributed by atoms with van der Waals surface area (Å²) in [4.78, 5) is 7.00. The molecule has 3 heteroatoms. The number of hydrogen-bond donors (Lipinski definition) is 2. The fourth-order valence-corrected chi connectivity index (χ4v) is 5.66. The van der Waals surface area contributed by atoms with E-state index in [2.05, 4.69) is 20.9 Å². The van der Waals surface area contributed by atoms with Crippen molar-refractivity contribution in [2.75, 3.05) is 11.5 Å². The molecule has 0 aliphatic rings. The molecule has 66 valence electrons. The summed E-state index contributed by atoms with van der Waals surface area (Å²) < 4.78 is 1.32. The topological polar surface area (TPSA) is 52.0 Å². The first-order valence-corrected chi connectivity index (χ1v) is 14.1. The SMILES string of the molecule is [CH3][Sn]([CH3])([CH3])[c]1cccc(N)c1N. The summed E-state index contributed by atoms with van der Waals surface area (Å²) in [6, 6.07) is 5.96. The van der Waals surface area contributed by atoms with E-state index in [1.807, 2.05) is 12.1 Å². The molecule has 0 bridgehead atoms. The molecule has 12 heavy (non-hydrogen) atoms. The Hall–Kier alpha value is -0.381. The van der Waals surface area contributed by atoms with Crippen LogP contribution in [0.2, 0.25) is 14.8 Å². The zero-order chi connectivity index (χ0) is 9.35. The molecule has 1 rings (SSSR count). The van der Waals surface area contributed by atoms with Crippen LogP contribution in [0.1, 0.15) is 0 Å². The van der Waals surface area contributed by atoms with Gasteiger partial charge in [-0.1, -0.05) is 0 Å². The monoisotopic (exact) mass is 272 g/mol. The number of benzene rings is 1. The van der Waals surface area contributed by atoms with Crippen molar-refractivity contribution in [1.29, 1.82) is 0 Å². The molecule has 0 aliphatic carbocycles. The fourth-order valence-electron chi connectivity index (χ4n) is 1.24. The molecule has 0 amide bonds. The summed E-state index contributed by atoms with van der Waals surface area (Å²) in [7, 11) is 0. The first-order valence-electron chi connectivity index (χ1n) is 4.07. The van der Waals surface area contributed by atoms with Gasteiger partial charge in [0.25, 0.3) is 0 Å². The second kappa shape index (κ2) is 3.16. The van der Waals surface area contributed by atoms with Gasteiger partial charge in [-0.05, 0) is 0 Å². The summed E-state index contributed by atoms with van der Waals surface area (Å²) in [5, 5.41) is 0. The number of hydrogen-bond acceptors (Lipinski definition) is 2. The summed E-state index contributed by atoms with van der Waals surface area (Å²) in [5.74, 6) is 0. The molecule has 1 aromatic carbocycles. The van der Waals surface area contributed by atoms with Gasteiger partial charge < -0.3 is 0 Å². The van der Waals surface area contributed by atoms with Crippen LogP contribution >= 0.6 is 0 Å². The number of nitrogens with two attached hydrogens (primary N) is 2. The Labute approximate surface area is 77.8 Å². The van der Waals surface area contributed by atoms with E-state index in [0.717, 1.165) is 11.4 Å². The molecule has 0 aliphatic heterocycles. The maximum atomic E-state index is 5.90. The van der Waals surface area contributed by atoms with Gasteiger partial charge in [-0.25, -0.2) is 0 Å². The summed E-state index contributed by atoms with van der Waals surface area (Å²) in [6.07, 6.45) is 0. The van der Waals surface area contributed by atoms with E-state index in [-0.39, 0.29) is 0 Å².